The van der Waals surface area contributed by atoms with Crippen molar-refractivity contribution in [3.05, 3.63) is 39.5 Å². The van der Waals surface area contributed by atoms with E-state index >= 15 is 0 Å². The quantitative estimate of drug-likeness (QED) is 0.564. The van der Waals surface area contributed by atoms with E-state index in [9.17, 15) is 4.79 Å². The third kappa shape index (κ3) is 1.52. The molecule has 0 aliphatic heterocycles. The molecule has 0 saturated carbocycles. The van der Waals surface area contributed by atoms with E-state index < -0.39 is 0 Å². The van der Waals surface area contributed by atoms with Gasteiger partial charge in [0.1, 0.15) is 0 Å². The maximum Gasteiger partial charge on any atom is 0.426 e. The van der Waals surface area contributed by atoms with Gasteiger partial charge >= 0.3 is 5.69 Å². The number of nitrogens with zero attached hydrogens (tertiary/aromatic N) is 2. The third-order valence-corrected chi connectivity index (χ3v) is 1.18. The van der Waals surface area contributed by atoms with Crippen molar-refractivity contribution >= 4 is 5.69 Å². The minimum absolute atomic E-state index is 0.0212. The van der Waals surface area contributed by atoms with E-state index in [4.69, 9.17) is 10.5 Å². The Hall–Kier alpha value is -1.89. The van der Waals surface area contributed by atoms with E-state index in [1.807, 2.05) is 0 Å². The first kappa shape index (κ1) is 7.22. The molecule has 0 spiro atoms. The first-order chi connectivity index (χ1) is 5.24. The monoisotopic (exact) mass is 149 g/mol. The molecule has 0 fully saturated rings. The number of hydrogen-bond donors (Lipinski definition) is 1. The van der Waals surface area contributed by atoms with Gasteiger partial charge in [-0.05, 0) is 18.2 Å². The first-order valence-corrected chi connectivity index (χ1v) is 2.92. The molecule has 1 aromatic rings. The Morgan fingerprint density at radius 3 is 2.55 bits per heavy atom. The molecule has 0 aliphatic carbocycles. The fraction of sp³-hybridized carbons (Fsp3) is 0. The Balaban J connectivity index is 3.47. The van der Waals surface area contributed by atoms with Crippen LogP contribution in [0.5, 0.6) is 5.75 Å². The van der Waals surface area contributed by atoms with Crippen molar-refractivity contribution in [2.24, 2.45) is 0 Å². The van der Waals surface area contributed by atoms with E-state index in [0.29, 0.717) is 0 Å². The van der Waals surface area contributed by atoms with E-state index in [1.165, 1.54) is 24.3 Å². The molecule has 0 radical (unpaired) electrons. The molecule has 0 saturated heterocycles. The van der Waals surface area contributed by atoms with Gasteiger partial charge in [-0.25, -0.2) is 0 Å². The topological polar surface area (TPSA) is 65.5 Å². The Kier molecular flexibility index (Phi) is 1.83. The molecule has 1 rings (SSSR count). The van der Waals surface area contributed by atoms with Crippen molar-refractivity contribution in [2.75, 3.05) is 0 Å². The molecule has 0 bridgehead atoms. The lowest BCUT2D eigenvalue weighted by Gasteiger charge is -1.73. The summed E-state index contributed by atoms with van der Waals surface area (Å²) in [5, 5.41) is 17.3. The van der Waals surface area contributed by atoms with E-state index in [2.05, 4.69) is 4.98 Å². The Labute approximate surface area is 62.4 Å². The van der Waals surface area contributed by atoms with Gasteiger partial charge in [-0.1, -0.05) is 0 Å². The van der Waals surface area contributed by atoms with Crippen LogP contribution in [-0.4, -0.2) is 5.11 Å². The molecular formula is C7H5N2O2+. The largest absolute Gasteiger partial charge is 0.501 e. The molecule has 0 amide bonds. The average Bonchev–Trinajstić information content (AvgIpc) is 2.15. The van der Waals surface area contributed by atoms with Gasteiger partial charge in [0.25, 0.3) is 0 Å². The molecule has 4 heteroatoms. The van der Waals surface area contributed by atoms with Crippen LogP contribution in [0.2, 0.25) is 0 Å². The van der Waals surface area contributed by atoms with Crippen molar-refractivity contribution in [1.82, 2.24) is 0 Å². The van der Waals surface area contributed by atoms with Gasteiger partial charge in [-0.15, -0.1) is 0 Å². The highest BCUT2D eigenvalue weighted by atomic mass is 16.3. The highest BCUT2D eigenvalue weighted by Gasteiger charge is 2.08. The summed E-state index contributed by atoms with van der Waals surface area (Å²) in [6, 6.07) is 4.80. The first-order valence-electron chi connectivity index (χ1n) is 2.92. The second-order valence-electron chi connectivity index (χ2n) is 1.94. The molecule has 1 N–H and O–H groups in total. The number of diazo groups is 1. The van der Waals surface area contributed by atoms with Crippen LogP contribution in [0.4, 0.5) is 5.69 Å². The molecule has 11 heavy (non-hydrogen) atoms. The fourth-order valence-electron chi connectivity index (χ4n) is 0.633. The summed E-state index contributed by atoms with van der Waals surface area (Å²) >= 11 is 0. The van der Waals surface area contributed by atoms with Crippen LogP contribution < -0.4 is 5.43 Å². The Morgan fingerprint density at radius 2 is 1.91 bits per heavy atom. The van der Waals surface area contributed by atoms with Crippen molar-refractivity contribution in [1.29, 1.82) is 5.39 Å². The van der Waals surface area contributed by atoms with Gasteiger partial charge < -0.3 is 5.11 Å². The van der Waals surface area contributed by atoms with Crippen molar-refractivity contribution < 1.29 is 5.11 Å². The zero-order valence-corrected chi connectivity index (χ0v) is 5.56. The minimum Gasteiger partial charge on any atom is -0.501 e. The molecule has 54 valence electrons. The molecule has 0 unspecified atom stereocenters. The maximum absolute atomic E-state index is 10.7. The second-order valence-corrected chi connectivity index (χ2v) is 1.94. The minimum atomic E-state index is -0.254. The van der Waals surface area contributed by atoms with Crippen molar-refractivity contribution in [3.63, 3.8) is 0 Å². The third-order valence-electron chi connectivity index (χ3n) is 1.18. The highest BCUT2D eigenvalue weighted by molar-refractivity contribution is 5.54. The molecule has 0 aromatic heterocycles. The smallest absolute Gasteiger partial charge is 0.426 e. The summed E-state index contributed by atoms with van der Waals surface area (Å²) in [5.41, 5.74) is -0.276. The normalized spacial score (nSPS) is 8.64. The molecule has 1 aromatic carbocycles. The van der Waals surface area contributed by atoms with Crippen LogP contribution >= 0.6 is 0 Å². The second kappa shape index (κ2) is 2.80. The van der Waals surface area contributed by atoms with Crippen LogP contribution in [0.1, 0.15) is 0 Å². The number of rotatable bonds is 0. The summed E-state index contributed by atoms with van der Waals surface area (Å²) in [6.45, 7) is 0. The summed E-state index contributed by atoms with van der Waals surface area (Å²) in [5.74, 6) is -0.227. The van der Waals surface area contributed by atoms with Crippen LogP contribution in [0, 0.1) is 5.39 Å². The lowest BCUT2D eigenvalue weighted by Crippen LogP contribution is -1.87. The SMILES string of the molecule is N#[N+]c1ccc(=O)ccc1O. The summed E-state index contributed by atoms with van der Waals surface area (Å²) in [6.07, 6.45) is 0. The van der Waals surface area contributed by atoms with E-state index in [-0.39, 0.29) is 16.9 Å². The van der Waals surface area contributed by atoms with Gasteiger partial charge in [-0.3, -0.25) is 4.79 Å². The van der Waals surface area contributed by atoms with Crippen LogP contribution in [0.15, 0.2) is 29.1 Å². The van der Waals surface area contributed by atoms with E-state index in [0.717, 1.165) is 0 Å². The summed E-state index contributed by atoms with van der Waals surface area (Å²) in [7, 11) is 0. The molecule has 0 aliphatic rings. The predicted molar refractivity (Wildman–Crippen MR) is 39.1 cm³/mol. The zero-order chi connectivity index (χ0) is 8.27. The lowest BCUT2D eigenvalue weighted by atomic mass is 10.4. The molecule has 0 heterocycles. The van der Waals surface area contributed by atoms with Crippen molar-refractivity contribution in [3.8, 4) is 5.75 Å². The van der Waals surface area contributed by atoms with Crippen molar-refractivity contribution in [2.45, 2.75) is 0 Å². The number of aromatic hydroxyl groups is 1. The summed E-state index contributed by atoms with van der Waals surface area (Å²) < 4.78 is 0. The number of hydrogen-bond acceptors (Lipinski definition) is 3. The molecule has 4 nitrogen and oxygen atoms in total. The Morgan fingerprint density at radius 1 is 1.27 bits per heavy atom. The standard InChI is InChI=1S/C7H4N2O2/c8-9-6-3-1-5(10)2-4-7(6)11/h1-4H/p+1. The fourth-order valence-corrected chi connectivity index (χ4v) is 0.633. The van der Waals surface area contributed by atoms with Gasteiger partial charge in [-0.2, -0.15) is 0 Å². The van der Waals surface area contributed by atoms with E-state index in [1.54, 1.807) is 0 Å². The van der Waals surface area contributed by atoms with Gasteiger partial charge in [0.05, 0.1) is 0 Å². The van der Waals surface area contributed by atoms with Crippen LogP contribution in [0.25, 0.3) is 4.98 Å². The molecular weight excluding hydrogens is 144 g/mol. The van der Waals surface area contributed by atoms with Gasteiger partial charge in [0.15, 0.2) is 10.4 Å². The summed E-state index contributed by atoms with van der Waals surface area (Å²) in [4.78, 5) is 13.4. The predicted octanol–water partition coefficient (Wildman–Crippen LogP) is 1.24. The maximum atomic E-state index is 10.7. The zero-order valence-electron chi connectivity index (χ0n) is 5.56. The molecule has 0 atom stereocenters. The van der Waals surface area contributed by atoms with Crippen LogP contribution in [-0.2, 0) is 0 Å². The van der Waals surface area contributed by atoms with Crippen LogP contribution in [0.3, 0.4) is 0 Å². The average molecular weight is 149 g/mol. The lowest BCUT2D eigenvalue weighted by molar-refractivity contribution is 0.479. The van der Waals surface area contributed by atoms with Gasteiger partial charge in [0, 0.05) is 6.07 Å². The highest BCUT2D eigenvalue weighted by Crippen LogP contribution is 2.22. The Bertz CT molecular complexity index is 368. The van der Waals surface area contributed by atoms with Gasteiger partial charge in [0.2, 0.25) is 11.1 Å².